The standard InChI is InChI=1S/C29H28N2O4S/c1-35-21-23-9-8-12-26(19-23)30-29(32)25-17-15-22(16-18-25)20-31(36(2,33)34)28-14-7-6-13-27(28)24-10-4-3-5-11-24/h3-19H,20-21H2,1-2H3,(H,30,32). The Morgan fingerprint density at radius 3 is 2.22 bits per heavy atom. The molecule has 4 rings (SSSR count). The van der Waals surface area contributed by atoms with Crippen molar-refractivity contribution in [3.05, 3.63) is 120 Å². The Bertz CT molecular complexity index is 1440. The van der Waals surface area contributed by atoms with Gasteiger partial charge in [0.25, 0.3) is 5.91 Å². The van der Waals surface area contributed by atoms with Crippen LogP contribution in [0.4, 0.5) is 11.4 Å². The van der Waals surface area contributed by atoms with E-state index in [1.54, 1.807) is 31.4 Å². The Labute approximate surface area is 212 Å². The molecule has 0 spiro atoms. The second-order valence-electron chi connectivity index (χ2n) is 8.44. The van der Waals surface area contributed by atoms with E-state index in [1.165, 1.54) is 10.6 Å². The zero-order valence-corrected chi connectivity index (χ0v) is 21.0. The highest BCUT2D eigenvalue weighted by molar-refractivity contribution is 7.92. The molecule has 0 saturated carbocycles. The number of hydrogen-bond donors (Lipinski definition) is 1. The van der Waals surface area contributed by atoms with Crippen molar-refractivity contribution in [3.8, 4) is 11.1 Å². The molecular formula is C29H28N2O4S. The minimum Gasteiger partial charge on any atom is -0.380 e. The highest BCUT2D eigenvalue weighted by Crippen LogP contribution is 2.33. The number of hydrogen-bond acceptors (Lipinski definition) is 4. The van der Waals surface area contributed by atoms with Crippen molar-refractivity contribution in [2.45, 2.75) is 13.2 Å². The van der Waals surface area contributed by atoms with E-state index >= 15 is 0 Å². The van der Waals surface area contributed by atoms with Gasteiger partial charge in [-0.1, -0.05) is 72.8 Å². The molecule has 1 amide bonds. The first-order valence-corrected chi connectivity index (χ1v) is 13.3. The van der Waals surface area contributed by atoms with Gasteiger partial charge in [-0.15, -0.1) is 0 Å². The number of sulfonamides is 1. The third-order valence-corrected chi connectivity index (χ3v) is 6.82. The Morgan fingerprint density at radius 2 is 1.53 bits per heavy atom. The Kier molecular flexibility index (Phi) is 7.83. The summed E-state index contributed by atoms with van der Waals surface area (Å²) in [5.41, 5.74) is 5.25. The van der Waals surface area contributed by atoms with Crippen LogP contribution in [0, 0.1) is 0 Å². The van der Waals surface area contributed by atoms with Crippen LogP contribution in [0.1, 0.15) is 21.5 Å². The zero-order valence-electron chi connectivity index (χ0n) is 20.2. The molecule has 0 atom stereocenters. The van der Waals surface area contributed by atoms with Crippen LogP contribution in [0.15, 0.2) is 103 Å². The fraction of sp³-hybridized carbons (Fsp3) is 0.138. The zero-order chi connectivity index (χ0) is 25.5. The molecule has 0 aliphatic carbocycles. The van der Waals surface area contributed by atoms with Crippen LogP contribution in [-0.2, 0) is 27.9 Å². The minimum atomic E-state index is -3.58. The molecule has 0 heterocycles. The topological polar surface area (TPSA) is 75.7 Å². The molecule has 184 valence electrons. The summed E-state index contributed by atoms with van der Waals surface area (Å²) in [6.07, 6.45) is 1.20. The van der Waals surface area contributed by atoms with E-state index in [-0.39, 0.29) is 12.5 Å². The first-order chi connectivity index (χ1) is 17.3. The number of para-hydroxylation sites is 1. The summed E-state index contributed by atoms with van der Waals surface area (Å²) < 4.78 is 32.2. The lowest BCUT2D eigenvalue weighted by Gasteiger charge is -2.25. The van der Waals surface area contributed by atoms with E-state index in [0.717, 1.165) is 22.3 Å². The molecule has 0 unspecified atom stereocenters. The first kappa shape index (κ1) is 25.2. The van der Waals surface area contributed by atoms with Gasteiger partial charge in [-0.3, -0.25) is 9.10 Å². The fourth-order valence-corrected chi connectivity index (χ4v) is 4.87. The fourth-order valence-electron chi connectivity index (χ4n) is 3.97. The maximum Gasteiger partial charge on any atom is 0.255 e. The van der Waals surface area contributed by atoms with Gasteiger partial charge in [-0.2, -0.15) is 0 Å². The van der Waals surface area contributed by atoms with E-state index in [9.17, 15) is 13.2 Å². The lowest BCUT2D eigenvalue weighted by Crippen LogP contribution is -2.29. The molecule has 0 fully saturated rings. The Morgan fingerprint density at radius 1 is 0.833 bits per heavy atom. The van der Waals surface area contributed by atoms with Crippen LogP contribution < -0.4 is 9.62 Å². The third kappa shape index (κ3) is 6.19. The van der Waals surface area contributed by atoms with Gasteiger partial charge < -0.3 is 10.1 Å². The lowest BCUT2D eigenvalue weighted by atomic mass is 10.0. The normalized spacial score (nSPS) is 11.2. The molecule has 0 bridgehead atoms. The van der Waals surface area contributed by atoms with Crippen molar-refractivity contribution in [2.24, 2.45) is 0 Å². The highest BCUT2D eigenvalue weighted by Gasteiger charge is 2.21. The average Bonchev–Trinajstić information content (AvgIpc) is 2.88. The van der Waals surface area contributed by atoms with E-state index in [4.69, 9.17) is 4.74 Å². The Hall–Kier alpha value is -3.94. The quantitative estimate of drug-likeness (QED) is 0.319. The second kappa shape index (κ2) is 11.2. The number of nitrogens with one attached hydrogen (secondary N) is 1. The molecule has 6 nitrogen and oxygen atoms in total. The maximum absolute atomic E-state index is 12.8. The van der Waals surface area contributed by atoms with Crippen LogP contribution in [0.3, 0.4) is 0 Å². The largest absolute Gasteiger partial charge is 0.380 e. The first-order valence-electron chi connectivity index (χ1n) is 11.5. The van der Waals surface area contributed by atoms with Crippen molar-refractivity contribution >= 4 is 27.3 Å². The van der Waals surface area contributed by atoms with Crippen molar-refractivity contribution in [3.63, 3.8) is 0 Å². The Balaban J connectivity index is 1.55. The van der Waals surface area contributed by atoms with Crippen molar-refractivity contribution in [2.75, 3.05) is 23.0 Å². The smallest absolute Gasteiger partial charge is 0.255 e. The van der Waals surface area contributed by atoms with Crippen LogP contribution in [0.25, 0.3) is 11.1 Å². The average molecular weight is 501 g/mol. The molecule has 4 aromatic rings. The van der Waals surface area contributed by atoms with E-state index in [2.05, 4.69) is 5.32 Å². The monoisotopic (exact) mass is 500 g/mol. The molecule has 4 aromatic carbocycles. The third-order valence-electron chi connectivity index (χ3n) is 5.70. The van der Waals surface area contributed by atoms with Crippen LogP contribution in [0.5, 0.6) is 0 Å². The van der Waals surface area contributed by atoms with E-state index in [1.807, 2.05) is 78.9 Å². The van der Waals surface area contributed by atoms with E-state index in [0.29, 0.717) is 23.5 Å². The van der Waals surface area contributed by atoms with Crippen molar-refractivity contribution in [1.82, 2.24) is 0 Å². The van der Waals surface area contributed by atoms with Gasteiger partial charge in [-0.25, -0.2) is 8.42 Å². The number of ether oxygens (including phenoxy) is 1. The van der Waals surface area contributed by atoms with Crippen LogP contribution in [-0.4, -0.2) is 27.7 Å². The summed E-state index contributed by atoms with van der Waals surface area (Å²) in [7, 11) is -1.96. The molecule has 36 heavy (non-hydrogen) atoms. The number of methoxy groups -OCH3 is 1. The number of anilines is 2. The maximum atomic E-state index is 12.8. The van der Waals surface area contributed by atoms with Gasteiger partial charge in [0, 0.05) is 23.9 Å². The SMILES string of the molecule is COCc1cccc(NC(=O)c2ccc(CN(c3ccccc3-c3ccccc3)S(C)(=O)=O)cc2)c1. The molecule has 7 heteroatoms. The van der Waals surface area contributed by atoms with Crippen LogP contribution in [0.2, 0.25) is 0 Å². The van der Waals surface area contributed by atoms with E-state index < -0.39 is 10.0 Å². The predicted octanol–water partition coefficient (Wildman–Crippen LogP) is 5.72. The summed E-state index contributed by atoms with van der Waals surface area (Å²) in [4.78, 5) is 12.8. The molecule has 1 N–H and O–H groups in total. The predicted molar refractivity (Wildman–Crippen MR) is 144 cm³/mol. The van der Waals surface area contributed by atoms with Crippen molar-refractivity contribution in [1.29, 1.82) is 0 Å². The number of rotatable bonds is 9. The summed E-state index contributed by atoms with van der Waals surface area (Å²) in [5.74, 6) is -0.245. The molecule has 0 aromatic heterocycles. The number of amides is 1. The second-order valence-corrected chi connectivity index (χ2v) is 10.3. The number of nitrogens with zero attached hydrogens (tertiary/aromatic N) is 1. The molecule has 0 aliphatic heterocycles. The van der Waals surface area contributed by atoms with Gasteiger partial charge in [0.05, 0.1) is 25.1 Å². The number of carbonyl (C=O) groups is 1. The lowest BCUT2D eigenvalue weighted by molar-refractivity contribution is 0.102. The van der Waals surface area contributed by atoms with Crippen molar-refractivity contribution < 1.29 is 17.9 Å². The summed E-state index contributed by atoms with van der Waals surface area (Å²) in [6.45, 7) is 0.603. The summed E-state index contributed by atoms with van der Waals surface area (Å²) >= 11 is 0. The molecule has 0 saturated heterocycles. The molecule has 0 radical (unpaired) electrons. The molecule has 0 aliphatic rings. The van der Waals surface area contributed by atoms with Gasteiger partial charge in [0.1, 0.15) is 0 Å². The summed E-state index contributed by atoms with van der Waals surface area (Å²) in [6, 6.07) is 31.6. The summed E-state index contributed by atoms with van der Waals surface area (Å²) in [5, 5.41) is 2.89. The minimum absolute atomic E-state index is 0.143. The highest BCUT2D eigenvalue weighted by atomic mass is 32.2. The molecular weight excluding hydrogens is 472 g/mol. The number of benzene rings is 4. The van der Waals surface area contributed by atoms with Gasteiger partial charge >= 0.3 is 0 Å². The van der Waals surface area contributed by atoms with Gasteiger partial charge in [-0.05, 0) is 47.0 Å². The van der Waals surface area contributed by atoms with Crippen LogP contribution >= 0.6 is 0 Å². The number of carbonyl (C=O) groups excluding carboxylic acids is 1. The van der Waals surface area contributed by atoms with Gasteiger partial charge in [0.2, 0.25) is 10.0 Å². The van der Waals surface area contributed by atoms with Gasteiger partial charge in [0.15, 0.2) is 0 Å².